The molecule has 16 heavy (non-hydrogen) atoms. The van der Waals surface area contributed by atoms with E-state index in [0.717, 1.165) is 16.8 Å². The average molecular weight is 217 g/mol. The lowest BCUT2D eigenvalue weighted by Gasteiger charge is -2.00. The number of rotatable bonds is 2. The summed E-state index contributed by atoms with van der Waals surface area (Å²) >= 11 is 0. The number of aryl methyl sites for hydroxylation is 2. The molecule has 0 aliphatic carbocycles. The van der Waals surface area contributed by atoms with E-state index in [-0.39, 0.29) is 5.63 Å². The van der Waals surface area contributed by atoms with Crippen LogP contribution in [0.15, 0.2) is 33.6 Å². The van der Waals surface area contributed by atoms with Crippen LogP contribution in [0.25, 0.3) is 0 Å². The first-order valence-electron chi connectivity index (χ1n) is 5.29. The van der Waals surface area contributed by atoms with Gasteiger partial charge in [0.05, 0.1) is 11.3 Å². The van der Waals surface area contributed by atoms with Crippen LogP contribution in [0.3, 0.4) is 0 Å². The van der Waals surface area contributed by atoms with Gasteiger partial charge in [0.25, 0.3) is 0 Å². The molecule has 0 radical (unpaired) electrons. The summed E-state index contributed by atoms with van der Waals surface area (Å²) in [7, 11) is 1.75. The fourth-order valence-corrected chi connectivity index (χ4v) is 1.70. The van der Waals surface area contributed by atoms with E-state index in [0.29, 0.717) is 6.42 Å². The quantitative estimate of drug-likeness (QED) is 0.772. The Kier molecular flexibility index (Phi) is 2.69. The van der Waals surface area contributed by atoms with Crippen molar-refractivity contribution in [2.75, 3.05) is 0 Å². The summed E-state index contributed by atoms with van der Waals surface area (Å²) in [5, 5.41) is 0. The van der Waals surface area contributed by atoms with Gasteiger partial charge < -0.3 is 4.52 Å². The third-order valence-corrected chi connectivity index (χ3v) is 2.88. The summed E-state index contributed by atoms with van der Waals surface area (Å²) in [5.74, 6) is 0. The average Bonchev–Trinajstić information content (AvgIpc) is 2.48. The molecule has 2 rings (SSSR count). The van der Waals surface area contributed by atoms with Crippen molar-refractivity contribution in [2.24, 2.45) is 7.05 Å². The molecule has 0 aliphatic heterocycles. The minimum absolute atomic E-state index is 0.236. The van der Waals surface area contributed by atoms with E-state index in [9.17, 15) is 4.79 Å². The Morgan fingerprint density at radius 1 is 1.19 bits per heavy atom. The van der Waals surface area contributed by atoms with Gasteiger partial charge >= 0.3 is 5.63 Å². The molecular formula is C13H15NO2. The highest BCUT2D eigenvalue weighted by Gasteiger charge is 2.11. The van der Waals surface area contributed by atoms with E-state index in [1.807, 2.05) is 26.0 Å². The molecule has 0 unspecified atom stereocenters. The zero-order chi connectivity index (χ0) is 11.7. The van der Waals surface area contributed by atoms with Crippen molar-refractivity contribution in [3.63, 3.8) is 0 Å². The predicted molar refractivity (Wildman–Crippen MR) is 62.7 cm³/mol. The highest BCUT2D eigenvalue weighted by atomic mass is 16.5. The summed E-state index contributed by atoms with van der Waals surface area (Å²) in [6.45, 7) is 3.94. The van der Waals surface area contributed by atoms with Crippen LogP contribution >= 0.6 is 0 Å². The van der Waals surface area contributed by atoms with E-state index < -0.39 is 0 Å². The first-order valence-corrected chi connectivity index (χ1v) is 5.29. The summed E-state index contributed by atoms with van der Waals surface area (Å²) in [5.41, 5.74) is 3.75. The van der Waals surface area contributed by atoms with Crippen molar-refractivity contribution < 1.29 is 4.52 Å². The molecule has 84 valence electrons. The molecule has 1 aromatic carbocycles. The molecule has 0 amide bonds. The van der Waals surface area contributed by atoms with Crippen molar-refractivity contribution in [1.29, 1.82) is 0 Å². The molecular weight excluding hydrogens is 202 g/mol. The maximum absolute atomic E-state index is 11.5. The maximum Gasteiger partial charge on any atom is 0.361 e. The summed E-state index contributed by atoms with van der Waals surface area (Å²) in [4.78, 5) is 11.5. The lowest BCUT2D eigenvalue weighted by molar-refractivity contribution is 0.280. The van der Waals surface area contributed by atoms with Crippen LogP contribution in [-0.4, -0.2) is 4.74 Å². The first-order chi connectivity index (χ1) is 7.58. The second kappa shape index (κ2) is 4.00. The number of aromatic nitrogens is 1. The molecule has 0 spiro atoms. The Morgan fingerprint density at radius 3 is 2.31 bits per heavy atom. The van der Waals surface area contributed by atoms with Crippen LogP contribution in [0, 0.1) is 13.8 Å². The highest BCUT2D eigenvalue weighted by molar-refractivity contribution is 5.28. The number of hydrogen-bond acceptors (Lipinski definition) is 2. The van der Waals surface area contributed by atoms with E-state index in [4.69, 9.17) is 4.52 Å². The summed E-state index contributed by atoms with van der Waals surface area (Å²) in [6.07, 6.45) is 0.634. The van der Waals surface area contributed by atoms with Gasteiger partial charge in [-0.05, 0) is 19.4 Å². The second-order valence-corrected chi connectivity index (χ2v) is 4.10. The molecule has 0 N–H and O–H groups in total. The van der Waals surface area contributed by atoms with E-state index in [2.05, 4.69) is 12.1 Å². The Balaban J connectivity index is 2.34. The Labute approximate surface area is 94.3 Å². The molecule has 0 aliphatic rings. The maximum atomic E-state index is 11.5. The molecule has 3 heteroatoms. The van der Waals surface area contributed by atoms with Crippen molar-refractivity contribution >= 4 is 0 Å². The summed E-state index contributed by atoms with van der Waals surface area (Å²) in [6, 6.07) is 8.19. The minimum Gasteiger partial charge on any atom is -0.336 e. The van der Waals surface area contributed by atoms with Crippen LogP contribution in [0.2, 0.25) is 0 Å². The van der Waals surface area contributed by atoms with Gasteiger partial charge in [0, 0.05) is 13.5 Å². The second-order valence-electron chi connectivity index (χ2n) is 4.10. The number of nitrogens with zero attached hydrogens (tertiary/aromatic N) is 1. The SMILES string of the molecule is Cc1ccc(Cc2c(C)n(C)oc2=O)cc1. The van der Waals surface area contributed by atoms with E-state index in [1.54, 1.807) is 7.05 Å². The molecule has 0 saturated carbocycles. The highest BCUT2D eigenvalue weighted by Crippen LogP contribution is 2.11. The standard InChI is InChI=1S/C13H15NO2/c1-9-4-6-11(7-5-9)8-12-10(2)14(3)16-13(12)15/h4-7H,8H2,1-3H3. The molecule has 0 bridgehead atoms. The van der Waals surface area contributed by atoms with Crippen LogP contribution in [0.4, 0.5) is 0 Å². The topological polar surface area (TPSA) is 35.1 Å². The van der Waals surface area contributed by atoms with Crippen LogP contribution < -0.4 is 5.63 Å². The monoisotopic (exact) mass is 217 g/mol. The van der Waals surface area contributed by atoms with Crippen LogP contribution in [0.1, 0.15) is 22.4 Å². The fraction of sp³-hybridized carbons (Fsp3) is 0.308. The fourth-order valence-electron chi connectivity index (χ4n) is 1.70. The van der Waals surface area contributed by atoms with Gasteiger partial charge in [-0.25, -0.2) is 9.53 Å². The largest absolute Gasteiger partial charge is 0.361 e. The van der Waals surface area contributed by atoms with Gasteiger partial charge in [0.15, 0.2) is 0 Å². The number of benzene rings is 1. The van der Waals surface area contributed by atoms with Crippen LogP contribution in [-0.2, 0) is 13.5 Å². The van der Waals surface area contributed by atoms with Gasteiger partial charge in [-0.2, -0.15) is 0 Å². The summed E-state index contributed by atoms with van der Waals surface area (Å²) < 4.78 is 6.52. The van der Waals surface area contributed by atoms with Crippen molar-refractivity contribution in [1.82, 2.24) is 4.74 Å². The van der Waals surface area contributed by atoms with Gasteiger partial charge in [-0.15, -0.1) is 0 Å². The normalized spacial score (nSPS) is 10.7. The molecule has 1 heterocycles. The minimum atomic E-state index is -0.236. The molecule has 0 fully saturated rings. The molecule has 3 nitrogen and oxygen atoms in total. The lowest BCUT2D eigenvalue weighted by atomic mass is 10.0. The third kappa shape index (κ3) is 1.94. The number of hydrogen-bond donors (Lipinski definition) is 0. The molecule has 0 saturated heterocycles. The van der Waals surface area contributed by atoms with Crippen molar-refractivity contribution in [2.45, 2.75) is 20.3 Å². The van der Waals surface area contributed by atoms with Gasteiger partial charge in [0.2, 0.25) is 0 Å². The Morgan fingerprint density at radius 2 is 1.81 bits per heavy atom. The predicted octanol–water partition coefficient (Wildman–Crippen LogP) is 2.19. The van der Waals surface area contributed by atoms with Gasteiger partial charge in [-0.3, -0.25) is 0 Å². The molecule has 1 aromatic heterocycles. The van der Waals surface area contributed by atoms with Gasteiger partial charge in [-0.1, -0.05) is 29.8 Å². The van der Waals surface area contributed by atoms with E-state index in [1.165, 1.54) is 10.3 Å². The zero-order valence-corrected chi connectivity index (χ0v) is 9.78. The first kappa shape index (κ1) is 10.7. The van der Waals surface area contributed by atoms with Crippen molar-refractivity contribution in [3.05, 3.63) is 57.1 Å². The Hall–Kier alpha value is -1.77. The smallest absolute Gasteiger partial charge is 0.336 e. The van der Waals surface area contributed by atoms with Crippen molar-refractivity contribution in [3.8, 4) is 0 Å². The van der Waals surface area contributed by atoms with Gasteiger partial charge in [0.1, 0.15) is 0 Å². The van der Waals surface area contributed by atoms with E-state index >= 15 is 0 Å². The van der Waals surface area contributed by atoms with Crippen LogP contribution in [0.5, 0.6) is 0 Å². The Bertz CT molecular complexity index is 546. The molecule has 0 atom stereocenters. The molecule has 2 aromatic rings. The zero-order valence-electron chi connectivity index (χ0n) is 9.78. The third-order valence-electron chi connectivity index (χ3n) is 2.88. The lowest BCUT2D eigenvalue weighted by Crippen LogP contribution is -2.03.